The Labute approximate surface area is 143 Å². The minimum Gasteiger partial charge on any atom is -0.461 e. The molecule has 0 atom stereocenters. The second-order valence-corrected chi connectivity index (χ2v) is 7.80. The van der Waals surface area contributed by atoms with Crippen LogP contribution in [0.1, 0.15) is 17.4 Å². The molecule has 3 heterocycles. The van der Waals surface area contributed by atoms with Crippen LogP contribution in [0.5, 0.6) is 0 Å². The third kappa shape index (κ3) is 3.20. The van der Waals surface area contributed by atoms with Gasteiger partial charge >= 0.3 is 0 Å². The van der Waals surface area contributed by atoms with Gasteiger partial charge in [0.1, 0.15) is 5.82 Å². The van der Waals surface area contributed by atoms with E-state index in [2.05, 4.69) is 10.1 Å². The molecule has 0 bridgehead atoms. The average Bonchev–Trinajstić information content (AvgIpc) is 3.15. The summed E-state index contributed by atoms with van der Waals surface area (Å²) in [7, 11) is -3.51. The van der Waals surface area contributed by atoms with Gasteiger partial charge in [-0.05, 0) is 29.8 Å². The maximum Gasteiger partial charge on any atom is 0.238 e. The van der Waals surface area contributed by atoms with Crippen molar-refractivity contribution in [3.63, 3.8) is 0 Å². The molecule has 0 spiro atoms. The number of nitrogens with zero attached hydrogens (tertiary/aromatic N) is 3. The fraction of sp³-hybridized carbons (Fsp3) is 0.250. The predicted molar refractivity (Wildman–Crippen MR) is 85.3 cm³/mol. The molecule has 1 aliphatic heterocycles. The highest BCUT2D eigenvalue weighted by atomic mass is 32.2. The molecule has 7 nitrogen and oxygen atoms in total. The summed E-state index contributed by atoms with van der Waals surface area (Å²) in [5, 5.41) is 3.84. The molecule has 0 amide bonds. The standard InChI is InChI=1S/C16H14FN3O4S/c17-13-4-1-3-11(7-13)10-25(21,22)20-8-12(9-20)16-18-15(19-24-16)14-5-2-6-23-14/h1-7,12H,8-10H2. The van der Waals surface area contributed by atoms with E-state index in [0.717, 1.165) is 0 Å². The van der Waals surface area contributed by atoms with E-state index < -0.39 is 15.8 Å². The van der Waals surface area contributed by atoms with E-state index in [9.17, 15) is 12.8 Å². The van der Waals surface area contributed by atoms with Gasteiger partial charge < -0.3 is 8.94 Å². The summed E-state index contributed by atoms with van der Waals surface area (Å²) >= 11 is 0. The Bertz CT molecular complexity index is 978. The summed E-state index contributed by atoms with van der Waals surface area (Å²) < 4.78 is 49.7. The summed E-state index contributed by atoms with van der Waals surface area (Å²) in [4.78, 5) is 4.24. The average molecular weight is 363 g/mol. The minimum atomic E-state index is -3.51. The molecular formula is C16H14FN3O4S. The zero-order chi connectivity index (χ0) is 17.4. The molecule has 25 heavy (non-hydrogen) atoms. The van der Waals surface area contributed by atoms with Gasteiger partial charge in [0.05, 0.1) is 17.9 Å². The molecule has 1 fully saturated rings. The first-order valence-corrected chi connectivity index (χ1v) is 9.22. The quantitative estimate of drug-likeness (QED) is 0.691. The van der Waals surface area contributed by atoms with Crippen molar-refractivity contribution >= 4 is 10.0 Å². The lowest BCUT2D eigenvalue weighted by molar-refractivity contribution is 0.216. The highest BCUT2D eigenvalue weighted by Crippen LogP contribution is 2.30. The van der Waals surface area contributed by atoms with Gasteiger partial charge in [-0.3, -0.25) is 0 Å². The number of halogens is 1. The van der Waals surface area contributed by atoms with Crippen LogP contribution in [0.4, 0.5) is 4.39 Å². The Hall–Kier alpha value is -2.52. The molecule has 1 aliphatic rings. The predicted octanol–water partition coefficient (Wildman–Crippen LogP) is 2.40. The lowest BCUT2D eigenvalue weighted by atomic mass is 10.0. The normalized spacial score (nSPS) is 16.0. The first-order valence-electron chi connectivity index (χ1n) is 7.61. The molecule has 0 N–H and O–H groups in total. The fourth-order valence-corrected chi connectivity index (χ4v) is 4.25. The van der Waals surface area contributed by atoms with E-state index in [0.29, 0.717) is 23.0 Å². The van der Waals surface area contributed by atoms with E-state index >= 15 is 0 Å². The second-order valence-electron chi connectivity index (χ2n) is 5.83. The van der Waals surface area contributed by atoms with Crippen LogP contribution in [0.2, 0.25) is 0 Å². The van der Waals surface area contributed by atoms with E-state index in [-0.39, 0.29) is 24.8 Å². The summed E-state index contributed by atoms with van der Waals surface area (Å²) in [6.07, 6.45) is 1.51. The Balaban J connectivity index is 1.41. The van der Waals surface area contributed by atoms with Crippen molar-refractivity contribution in [3.8, 4) is 11.6 Å². The molecule has 0 saturated carbocycles. The summed E-state index contributed by atoms with van der Waals surface area (Å²) in [5.41, 5.74) is 0.418. The molecule has 1 saturated heterocycles. The topological polar surface area (TPSA) is 89.4 Å². The minimum absolute atomic E-state index is 0.154. The lowest BCUT2D eigenvalue weighted by Gasteiger charge is -2.35. The molecule has 2 aromatic heterocycles. The highest BCUT2D eigenvalue weighted by Gasteiger charge is 2.39. The SMILES string of the molecule is O=S(=O)(Cc1cccc(F)c1)N1CC(c2nc(-c3ccco3)no2)C1. The van der Waals surface area contributed by atoms with Crippen molar-refractivity contribution in [3.05, 3.63) is 59.9 Å². The van der Waals surface area contributed by atoms with Crippen molar-refractivity contribution in [2.45, 2.75) is 11.7 Å². The monoisotopic (exact) mass is 363 g/mol. The molecule has 130 valence electrons. The lowest BCUT2D eigenvalue weighted by Crippen LogP contribution is -2.48. The third-order valence-electron chi connectivity index (χ3n) is 4.01. The van der Waals surface area contributed by atoms with Gasteiger partial charge in [-0.25, -0.2) is 12.8 Å². The van der Waals surface area contributed by atoms with E-state index in [1.807, 2.05) is 0 Å². The van der Waals surface area contributed by atoms with E-state index in [4.69, 9.17) is 8.94 Å². The second kappa shape index (κ2) is 6.08. The Morgan fingerprint density at radius 1 is 1.24 bits per heavy atom. The Morgan fingerprint density at radius 2 is 2.08 bits per heavy atom. The molecule has 0 unspecified atom stereocenters. The Morgan fingerprint density at radius 3 is 2.80 bits per heavy atom. The van der Waals surface area contributed by atoms with Crippen LogP contribution in [0.15, 0.2) is 51.6 Å². The number of furan rings is 1. The van der Waals surface area contributed by atoms with Crippen LogP contribution in [-0.4, -0.2) is 36.0 Å². The van der Waals surface area contributed by atoms with Gasteiger partial charge in [-0.15, -0.1) is 0 Å². The van der Waals surface area contributed by atoms with Gasteiger partial charge in [-0.1, -0.05) is 17.3 Å². The van der Waals surface area contributed by atoms with Gasteiger partial charge in [0.15, 0.2) is 5.76 Å². The Kier molecular flexibility index (Phi) is 3.89. The van der Waals surface area contributed by atoms with Gasteiger partial charge in [0.25, 0.3) is 0 Å². The van der Waals surface area contributed by atoms with Crippen LogP contribution in [0, 0.1) is 5.82 Å². The number of aromatic nitrogens is 2. The van der Waals surface area contributed by atoms with Crippen molar-refractivity contribution in [1.29, 1.82) is 0 Å². The third-order valence-corrected chi connectivity index (χ3v) is 5.80. The summed E-state index contributed by atoms with van der Waals surface area (Å²) in [5.74, 6) is 0.359. The molecule has 1 aromatic carbocycles. The van der Waals surface area contributed by atoms with Crippen molar-refractivity contribution in [2.75, 3.05) is 13.1 Å². The van der Waals surface area contributed by atoms with Gasteiger partial charge in [0.2, 0.25) is 21.7 Å². The molecular weight excluding hydrogens is 349 g/mol. The fourth-order valence-electron chi connectivity index (χ4n) is 2.66. The molecule has 0 radical (unpaired) electrons. The number of hydrogen-bond donors (Lipinski definition) is 0. The number of rotatable bonds is 5. The number of sulfonamides is 1. The van der Waals surface area contributed by atoms with E-state index in [1.54, 1.807) is 18.2 Å². The van der Waals surface area contributed by atoms with Gasteiger partial charge in [0, 0.05) is 13.1 Å². The zero-order valence-electron chi connectivity index (χ0n) is 13.0. The van der Waals surface area contributed by atoms with E-state index in [1.165, 1.54) is 28.8 Å². The van der Waals surface area contributed by atoms with Crippen molar-refractivity contribution < 1.29 is 21.7 Å². The van der Waals surface area contributed by atoms with Crippen LogP contribution < -0.4 is 0 Å². The first kappa shape index (κ1) is 16.0. The molecule has 0 aliphatic carbocycles. The molecule has 4 rings (SSSR count). The van der Waals surface area contributed by atoms with Crippen molar-refractivity contribution in [1.82, 2.24) is 14.4 Å². The summed E-state index contributed by atoms with van der Waals surface area (Å²) in [6.45, 7) is 0.523. The zero-order valence-corrected chi connectivity index (χ0v) is 13.8. The smallest absolute Gasteiger partial charge is 0.238 e. The van der Waals surface area contributed by atoms with Crippen LogP contribution in [-0.2, 0) is 15.8 Å². The number of hydrogen-bond acceptors (Lipinski definition) is 6. The van der Waals surface area contributed by atoms with Crippen molar-refractivity contribution in [2.24, 2.45) is 0 Å². The highest BCUT2D eigenvalue weighted by molar-refractivity contribution is 7.88. The van der Waals surface area contributed by atoms with Crippen LogP contribution >= 0.6 is 0 Å². The maximum absolute atomic E-state index is 13.2. The van der Waals surface area contributed by atoms with Crippen LogP contribution in [0.25, 0.3) is 11.6 Å². The maximum atomic E-state index is 13.2. The number of benzene rings is 1. The molecule has 9 heteroatoms. The molecule has 3 aromatic rings. The summed E-state index contributed by atoms with van der Waals surface area (Å²) in [6, 6.07) is 9.02. The van der Waals surface area contributed by atoms with Crippen LogP contribution in [0.3, 0.4) is 0 Å². The largest absolute Gasteiger partial charge is 0.461 e. The van der Waals surface area contributed by atoms with Gasteiger partial charge in [-0.2, -0.15) is 9.29 Å². The first-order chi connectivity index (χ1) is 12.0.